The quantitative estimate of drug-likeness (QED) is 0.628. The van der Waals surface area contributed by atoms with Crippen molar-refractivity contribution in [3.05, 3.63) is 82.6 Å². The summed E-state index contributed by atoms with van der Waals surface area (Å²) in [5, 5.41) is 6.79. The van der Waals surface area contributed by atoms with Crippen LogP contribution in [0.5, 0.6) is 0 Å². The summed E-state index contributed by atoms with van der Waals surface area (Å²) < 4.78 is 0. The van der Waals surface area contributed by atoms with Gasteiger partial charge in [-0.2, -0.15) is 0 Å². The van der Waals surface area contributed by atoms with Gasteiger partial charge in [0.25, 0.3) is 5.91 Å². The second-order valence-corrected chi connectivity index (χ2v) is 6.47. The number of nitrogens with one attached hydrogen (secondary N) is 2. The SMILES string of the molecule is CCc1ccccc1NC(=O)c1ccnc(NCCc2cccc(Cl)c2)n1. The molecule has 27 heavy (non-hydrogen) atoms. The molecule has 0 saturated carbocycles. The van der Waals surface area contributed by atoms with Crippen LogP contribution in [-0.2, 0) is 12.8 Å². The molecule has 138 valence electrons. The summed E-state index contributed by atoms with van der Waals surface area (Å²) in [6.45, 7) is 2.70. The molecular formula is C21H21ClN4O. The van der Waals surface area contributed by atoms with Crippen molar-refractivity contribution in [1.29, 1.82) is 0 Å². The van der Waals surface area contributed by atoms with E-state index in [0.29, 0.717) is 18.2 Å². The summed E-state index contributed by atoms with van der Waals surface area (Å²) in [5.74, 6) is 0.171. The van der Waals surface area contributed by atoms with Gasteiger partial charge in [0.2, 0.25) is 5.95 Å². The highest BCUT2D eigenvalue weighted by molar-refractivity contribution is 6.30. The van der Waals surface area contributed by atoms with E-state index in [4.69, 9.17) is 11.6 Å². The number of aryl methyl sites for hydroxylation is 1. The summed E-state index contributed by atoms with van der Waals surface area (Å²) in [4.78, 5) is 21.0. The van der Waals surface area contributed by atoms with Crippen molar-refractivity contribution in [2.45, 2.75) is 19.8 Å². The lowest BCUT2D eigenvalue weighted by atomic mass is 10.1. The summed E-state index contributed by atoms with van der Waals surface area (Å²) >= 11 is 5.99. The molecule has 0 aliphatic heterocycles. The molecule has 0 spiro atoms. The van der Waals surface area contributed by atoms with Crippen molar-refractivity contribution in [1.82, 2.24) is 9.97 Å². The molecule has 1 amide bonds. The predicted molar refractivity (Wildman–Crippen MR) is 109 cm³/mol. The number of hydrogen-bond donors (Lipinski definition) is 2. The standard InChI is InChI=1S/C21H21ClN4O/c1-2-16-7-3-4-9-18(16)25-20(27)19-11-13-24-21(26-19)23-12-10-15-6-5-8-17(22)14-15/h3-9,11,13-14H,2,10,12H2,1H3,(H,25,27)(H,23,24,26). The Labute approximate surface area is 163 Å². The van der Waals surface area contributed by atoms with E-state index in [1.165, 1.54) is 0 Å². The lowest BCUT2D eigenvalue weighted by Crippen LogP contribution is -2.16. The van der Waals surface area contributed by atoms with Crippen LogP contribution in [-0.4, -0.2) is 22.4 Å². The van der Waals surface area contributed by atoms with Crippen LogP contribution in [0.2, 0.25) is 5.02 Å². The van der Waals surface area contributed by atoms with Crippen LogP contribution >= 0.6 is 11.6 Å². The van der Waals surface area contributed by atoms with Crippen molar-refractivity contribution in [3.63, 3.8) is 0 Å². The number of hydrogen-bond acceptors (Lipinski definition) is 4. The highest BCUT2D eigenvalue weighted by atomic mass is 35.5. The van der Waals surface area contributed by atoms with E-state index in [1.807, 2.05) is 48.5 Å². The van der Waals surface area contributed by atoms with Gasteiger partial charge in [-0.1, -0.05) is 48.9 Å². The van der Waals surface area contributed by atoms with Crippen LogP contribution in [0.3, 0.4) is 0 Å². The molecule has 1 heterocycles. The lowest BCUT2D eigenvalue weighted by Gasteiger charge is -2.10. The maximum Gasteiger partial charge on any atom is 0.274 e. The van der Waals surface area contributed by atoms with Crippen LogP contribution in [0.15, 0.2) is 60.8 Å². The number of para-hydroxylation sites is 1. The number of amides is 1. The molecule has 2 N–H and O–H groups in total. The molecule has 0 aliphatic carbocycles. The zero-order valence-corrected chi connectivity index (χ0v) is 15.8. The van der Waals surface area contributed by atoms with Crippen molar-refractivity contribution in [2.75, 3.05) is 17.2 Å². The van der Waals surface area contributed by atoms with Gasteiger partial charge in [0, 0.05) is 23.5 Å². The molecule has 0 bridgehead atoms. The monoisotopic (exact) mass is 380 g/mol. The molecule has 0 radical (unpaired) electrons. The van der Waals surface area contributed by atoms with Gasteiger partial charge < -0.3 is 10.6 Å². The number of carbonyl (C=O) groups is 1. The van der Waals surface area contributed by atoms with Crippen molar-refractivity contribution in [2.24, 2.45) is 0 Å². The first kappa shape index (κ1) is 18.9. The third-order valence-electron chi connectivity index (χ3n) is 4.12. The molecule has 0 aliphatic rings. The number of aromatic nitrogens is 2. The van der Waals surface area contributed by atoms with Gasteiger partial charge in [0.15, 0.2) is 0 Å². The predicted octanol–water partition coefficient (Wildman–Crippen LogP) is 4.60. The maximum absolute atomic E-state index is 12.5. The molecule has 5 nitrogen and oxygen atoms in total. The maximum atomic E-state index is 12.5. The highest BCUT2D eigenvalue weighted by Crippen LogP contribution is 2.16. The average Bonchev–Trinajstić information content (AvgIpc) is 2.69. The topological polar surface area (TPSA) is 66.9 Å². The first-order chi connectivity index (χ1) is 13.2. The number of benzene rings is 2. The number of anilines is 2. The molecule has 0 unspecified atom stereocenters. The Morgan fingerprint density at radius 3 is 2.78 bits per heavy atom. The third-order valence-corrected chi connectivity index (χ3v) is 4.36. The van der Waals surface area contributed by atoms with Gasteiger partial charge >= 0.3 is 0 Å². The van der Waals surface area contributed by atoms with Gasteiger partial charge in [0.05, 0.1) is 0 Å². The van der Waals surface area contributed by atoms with Crippen LogP contribution in [0.25, 0.3) is 0 Å². The molecule has 1 aromatic heterocycles. The van der Waals surface area contributed by atoms with Crippen molar-refractivity contribution >= 4 is 29.1 Å². The number of rotatable bonds is 7. The van der Waals surface area contributed by atoms with Crippen molar-refractivity contribution < 1.29 is 4.79 Å². The zero-order valence-electron chi connectivity index (χ0n) is 15.1. The van der Waals surface area contributed by atoms with E-state index in [9.17, 15) is 4.79 Å². The van der Waals surface area contributed by atoms with E-state index >= 15 is 0 Å². The Bertz CT molecular complexity index is 929. The molecule has 2 aromatic carbocycles. The van der Waals surface area contributed by atoms with Crippen LogP contribution in [0.4, 0.5) is 11.6 Å². The van der Waals surface area contributed by atoms with Crippen LogP contribution < -0.4 is 10.6 Å². The van der Waals surface area contributed by atoms with Crippen LogP contribution in [0.1, 0.15) is 28.5 Å². The van der Waals surface area contributed by atoms with E-state index in [0.717, 1.165) is 34.7 Å². The Hall–Kier alpha value is -2.92. The minimum Gasteiger partial charge on any atom is -0.354 e. The molecule has 6 heteroatoms. The normalized spacial score (nSPS) is 10.4. The van der Waals surface area contributed by atoms with Gasteiger partial charge in [-0.3, -0.25) is 4.79 Å². The molecule has 3 aromatic rings. The second-order valence-electron chi connectivity index (χ2n) is 6.04. The Balaban J connectivity index is 1.61. The molecular weight excluding hydrogens is 360 g/mol. The van der Waals surface area contributed by atoms with Crippen molar-refractivity contribution in [3.8, 4) is 0 Å². The fourth-order valence-electron chi connectivity index (χ4n) is 2.72. The van der Waals surface area contributed by atoms with Gasteiger partial charge in [-0.15, -0.1) is 0 Å². The minimum absolute atomic E-state index is 0.254. The van der Waals surface area contributed by atoms with E-state index < -0.39 is 0 Å². The van der Waals surface area contributed by atoms with Gasteiger partial charge in [-0.05, 0) is 48.2 Å². The highest BCUT2D eigenvalue weighted by Gasteiger charge is 2.11. The number of halogens is 1. The first-order valence-corrected chi connectivity index (χ1v) is 9.24. The third kappa shape index (κ3) is 5.28. The molecule has 0 atom stereocenters. The lowest BCUT2D eigenvalue weighted by molar-refractivity contribution is 0.102. The summed E-state index contributed by atoms with van der Waals surface area (Å²) in [5.41, 5.74) is 3.33. The summed E-state index contributed by atoms with van der Waals surface area (Å²) in [7, 11) is 0. The number of nitrogens with zero attached hydrogens (tertiary/aromatic N) is 2. The number of carbonyl (C=O) groups excluding carboxylic acids is 1. The first-order valence-electron chi connectivity index (χ1n) is 8.86. The van der Waals surface area contributed by atoms with Gasteiger partial charge in [0.1, 0.15) is 5.69 Å². The Morgan fingerprint density at radius 2 is 1.96 bits per heavy atom. The molecule has 0 fully saturated rings. The summed E-state index contributed by atoms with van der Waals surface area (Å²) in [6, 6.07) is 17.1. The summed E-state index contributed by atoms with van der Waals surface area (Å²) in [6.07, 6.45) is 3.20. The molecule has 0 saturated heterocycles. The fourth-order valence-corrected chi connectivity index (χ4v) is 2.93. The van der Waals surface area contributed by atoms with E-state index in [-0.39, 0.29) is 5.91 Å². The fraction of sp³-hybridized carbons (Fsp3) is 0.190. The Kier molecular flexibility index (Phi) is 6.39. The van der Waals surface area contributed by atoms with Crippen LogP contribution in [0, 0.1) is 0 Å². The largest absolute Gasteiger partial charge is 0.354 e. The van der Waals surface area contributed by atoms with Gasteiger partial charge in [-0.25, -0.2) is 9.97 Å². The minimum atomic E-state index is -0.254. The van der Waals surface area contributed by atoms with E-state index in [1.54, 1.807) is 12.3 Å². The second kappa shape index (κ2) is 9.14. The Morgan fingerprint density at radius 1 is 1.11 bits per heavy atom. The molecule has 3 rings (SSSR count). The average molecular weight is 381 g/mol. The van der Waals surface area contributed by atoms with E-state index in [2.05, 4.69) is 27.5 Å². The zero-order chi connectivity index (χ0) is 19.1. The smallest absolute Gasteiger partial charge is 0.274 e.